The van der Waals surface area contributed by atoms with E-state index in [0.29, 0.717) is 39.0 Å². The Hall–Kier alpha value is -1.00. The van der Waals surface area contributed by atoms with E-state index in [9.17, 15) is 16.8 Å². The van der Waals surface area contributed by atoms with E-state index in [0.717, 1.165) is 31.2 Å². The zero-order valence-electron chi connectivity index (χ0n) is 15.8. The number of piperidine rings is 1. The second kappa shape index (κ2) is 8.57. The Labute approximate surface area is 163 Å². The second-order valence-corrected chi connectivity index (χ2v) is 11.1. The van der Waals surface area contributed by atoms with E-state index >= 15 is 0 Å². The highest BCUT2D eigenvalue weighted by molar-refractivity contribution is 7.89. The minimum Gasteiger partial charge on any atom is -0.207 e. The molecule has 0 radical (unpaired) electrons. The average Bonchev–Trinajstić information content (AvgIpc) is 2.92. The van der Waals surface area contributed by atoms with Gasteiger partial charge in [-0.25, -0.2) is 8.42 Å². The lowest BCUT2D eigenvalue weighted by atomic mass is 10.1. The number of aryl methyl sites for hydroxylation is 1. The van der Waals surface area contributed by atoms with Crippen molar-refractivity contribution in [3.63, 3.8) is 0 Å². The molecule has 0 atom stereocenters. The van der Waals surface area contributed by atoms with Crippen LogP contribution in [0, 0.1) is 6.92 Å². The number of rotatable bonds is 5. The topological polar surface area (TPSA) is 86.8 Å². The van der Waals surface area contributed by atoms with Crippen molar-refractivity contribution in [1.29, 1.82) is 0 Å². The molecule has 0 amide bonds. The van der Waals surface area contributed by atoms with E-state index in [1.807, 2.05) is 6.92 Å². The van der Waals surface area contributed by atoms with Gasteiger partial charge in [-0.05, 0) is 44.7 Å². The molecular formula is C18H29N3O4S2. The Balaban J connectivity index is 1.59. The molecule has 2 saturated heterocycles. The van der Waals surface area contributed by atoms with Crippen LogP contribution in [0.15, 0.2) is 29.2 Å². The van der Waals surface area contributed by atoms with Crippen molar-refractivity contribution in [1.82, 2.24) is 13.3 Å². The zero-order chi connectivity index (χ0) is 19.5. The molecule has 1 aromatic rings. The number of hydrogen-bond donors (Lipinski definition) is 1. The smallest absolute Gasteiger partial charge is 0.207 e. The number of sulfonamides is 1. The lowest BCUT2D eigenvalue weighted by molar-refractivity contribution is 0.303. The molecule has 27 heavy (non-hydrogen) atoms. The minimum absolute atomic E-state index is 0.220. The summed E-state index contributed by atoms with van der Waals surface area (Å²) in [6.45, 7) is 3.69. The Kier molecular flexibility index (Phi) is 6.58. The van der Waals surface area contributed by atoms with Gasteiger partial charge in [-0.3, -0.25) is 0 Å². The maximum atomic E-state index is 12.8. The van der Waals surface area contributed by atoms with Gasteiger partial charge in [-0.2, -0.15) is 21.8 Å². The normalized spacial score (nSPS) is 21.8. The highest BCUT2D eigenvalue weighted by atomic mass is 32.2. The van der Waals surface area contributed by atoms with Crippen molar-refractivity contribution >= 4 is 20.2 Å². The quantitative estimate of drug-likeness (QED) is 0.795. The molecule has 9 heteroatoms. The second-order valence-electron chi connectivity index (χ2n) is 7.43. The Morgan fingerprint density at radius 3 is 1.93 bits per heavy atom. The number of hydrogen-bond acceptors (Lipinski definition) is 4. The Bertz CT molecular complexity index is 822. The molecule has 2 aliphatic rings. The molecule has 2 aliphatic heterocycles. The number of benzene rings is 1. The van der Waals surface area contributed by atoms with Gasteiger partial charge in [-0.1, -0.05) is 30.5 Å². The molecule has 0 saturated carbocycles. The minimum atomic E-state index is -3.53. The van der Waals surface area contributed by atoms with Gasteiger partial charge in [0.1, 0.15) is 0 Å². The van der Waals surface area contributed by atoms with Gasteiger partial charge in [0.15, 0.2) is 0 Å². The van der Waals surface area contributed by atoms with Crippen molar-refractivity contribution in [2.75, 3.05) is 26.2 Å². The summed E-state index contributed by atoms with van der Waals surface area (Å²) in [5, 5.41) is 0. The van der Waals surface area contributed by atoms with Crippen molar-refractivity contribution in [2.24, 2.45) is 0 Å². The van der Waals surface area contributed by atoms with Crippen LogP contribution in [0.25, 0.3) is 0 Å². The molecule has 0 unspecified atom stereocenters. The molecule has 3 rings (SSSR count). The van der Waals surface area contributed by atoms with E-state index in [4.69, 9.17) is 0 Å². The van der Waals surface area contributed by atoms with Gasteiger partial charge in [0.25, 0.3) is 10.2 Å². The third kappa shape index (κ3) is 5.08. The summed E-state index contributed by atoms with van der Waals surface area (Å²) in [6, 6.07) is 6.60. The first-order chi connectivity index (χ1) is 12.8. The first-order valence-corrected chi connectivity index (χ1v) is 12.5. The molecule has 0 bridgehead atoms. The first kappa shape index (κ1) is 20.7. The standard InChI is InChI=1S/C18H29N3O4S2/c1-16-6-8-18(9-7-16)26(22,23)20-14-10-17(11-15-20)19-27(24,25)21-12-4-2-3-5-13-21/h6-9,17,19H,2-5,10-15H2,1H3. The van der Waals surface area contributed by atoms with Crippen molar-refractivity contribution in [3.05, 3.63) is 29.8 Å². The van der Waals surface area contributed by atoms with Crippen LogP contribution in [0.3, 0.4) is 0 Å². The van der Waals surface area contributed by atoms with Crippen LogP contribution in [0.1, 0.15) is 44.1 Å². The van der Waals surface area contributed by atoms with Gasteiger partial charge in [0.05, 0.1) is 4.90 Å². The summed E-state index contributed by atoms with van der Waals surface area (Å²) >= 11 is 0. The SMILES string of the molecule is Cc1ccc(S(=O)(=O)N2CCC(NS(=O)(=O)N3CCCCCC3)CC2)cc1. The molecule has 0 aliphatic carbocycles. The van der Waals surface area contributed by atoms with Crippen molar-refractivity contribution in [3.8, 4) is 0 Å². The summed E-state index contributed by atoms with van der Waals surface area (Å²) in [5.74, 6) is 0. The third-order valence-electron chi connectivity index (χ3n) is 5.33. The molecule has 2 fully saturated rings. The molecular weight excluding hydrogens is 386 g/mol. The van der Waals surface area contributed by atoms with Crippen molar-refractivity contribution in [2.45, 2.75) is 56.4 Å². The van der Waals surface area contributed by atoms with Crippen LogP contribution in [-0.2, 0) is 20.2 Å². The largest absolute Gasteiger partial charge is 0.279 e. The van der Waals surface area contributed by atoms with E-state index in [1.165, 1.54) is 8.61 Å². The van der Waals surface area contributed by atoms with E-state index in [1.54, 1.807) is 24.3 Å². The fourth-order valence-corrected chi connectivity index (χ4v) is 6.66. The van der Waals surface area contributed by atoms with Crippen LogP contribution >= 0.6 is 0 Å². The summed E-state index contributed by atoms with van der Waals surface area (Å²) in [5.41, 5.74) is 1.01. The Morgan fingerprint density at radius 1 is 0.815 bits per heavy atom. The predicted molar refractivity (Wildman–Crippen MR) is 105 cm³/mol. The maximum absolute atomic E-state index is 12.8. The monoisotopic (exact) mass is 415 g/mol. The zero-order valence-corrected chi connectivity index (χ0v) is 17.4. The summed E-state index contributed by atoms with van der Waals surface area (Å²) in [4.78, 5) is 0.289. The van der Waals surface area contributed by atoms with E-state index in [-0.39, 0.29) is 10.9 Å². The predicted octanol–water partition coefficient (Wildman–Crippen LogP) is 1.86. The van der Waals surface area contributed by atoms with Crippen LogP contribution in [0.2, 0.25) is 0 Å². The summed E-state index contributed by atoms with van der Waals surface area (Å²) in [7, 11) is -7.03. The fourth-order valence-electron chi connectivity index (χ4n) is 3.64. The van der Waals surface area contributed by atoms with Gasteiger partial charge in [0, 0.05) is 32.2 Å². The average molecular weight is 416 g/mol. The lowest BCUT2D eigenvalue weighted by Crippen LogP contribution is -2.50. The molecule has 0 aromatic heterocycles. The van der Waals surface area contributed by atoms with Gasteiger partial charge in [0.2, 0.25) is 10.0 Å². The maximum Gasteiger partial charge on any atom is 0.279 e. The molecule has 7 nitrogen and oxygen atoms in total. The summed E-state index contributed by atoms with van der Waals surface area (Å²) < 4.78 is 56.5. The summed E-state index contributed by atoms with van der Waals surface area (Å²) in [6.07, 6.45) is 4.90. The highest BCUT2D eigenvalue weighted by Gasteiger charge is 2.32. The first-order valence-electron chi connectivity index (χ1n) is 9.63. The molecule has 0 spiro atoms. The fraction of sp³-hybridized carbons (Fsp3) is 0.667. The Morgan fingerprint density at radius 2 is 1.37 bits per heavy atom. The molecule has 1 aromatic carbocycles. The van der Waals surface area contributed by atoms with Gasteiger partial charge >= 0.3 is 0 Å². The van der Waals surface area contributed by atoms with Gasteiger partial charge in [-0.15, -0.1) is 0 Å². The number of nitrogens with one attached hydrogen (secondary N) is 1. The number of nitrogens with zero attached hydrogens (tertiary/aromatic N) is 2. The van der Waals surface area contributed by atoms with E-state index < -0.39 is 20.2 Å². The molecule has 152 valence electrons. The van der Waals surface area contributed by atoms with E-state index in [2.05, 4.69) is 4.72 Å². The lowest BCUT2D eigenvalue weighted by Gasteiger charge is -2.32. The third-order valence-corrected chi connectivity index (χ3v) is 8.92. The van der Waals surface area contributed by atoms with Crippen LogP contribution in [0.4, 0.5) is 0 Å². The molecule has 2 heterocycles. The van der Waals surface area contributed by atoms with Crippen LogP contribution < -0.4 is 4.72 Å². The van der Waals surface area contributed by atoms with Crippen LogP contribution in [0.5, 0.6) is 0 Å². The van der Waals surface area contributed by atoms with Gasteiger partial charge < -0.3 is 0 Å². The van der Waals surface area contributed by atoms with Crippen LogP contribution in [-0.4, -0.2) is 57.7 Å². The molecule has 1 N–H and O–H groups in total. The van der Waals surface area contributed by atoms with Crippen molar-refractivity contribution < 1.29 is 16.8 Å². The highest BCUT2D eigenvalue weighted by Crippen LogP contribution is 2.22.